The Morgan fingerprint density at radius 3 is 2.86 bits per heavy atom. The zero-order chi connectivity index (χ0) is 19.8. The summed E-state index contributed by atoms with van der Waals surface area (Å²) in [5, 5.41) is 11.8. The van der Waals surface area contributed by atoms with Crippen molar-refractivity contribution < 1.29 is 9.53 Å². The van der Waals surface area contributed by atoms with Crippen molar-refractivity contribution in [3.8, 4) is 0 Å². The summed E-state index contributed by atoms with van der Waals surface area (Å²) in [6.07, 6.45) is 2.08. The summed E-state index contributed by atoms with van der Waals surface area (Å²) in [7, 11) is 0. The highest BCUT2D eigenvalue weighted by molar-refractivity contribution is 6.42. The SMILES string of the molecule is CC1=C(C(=O)NCC2CCCO2)C(c2ccc(Cl)c(Cl)c2)n2nc(C)cc2N1. The quantitative estimate of drug-likeness (QED) is 0.781. The molecule has 0 spiro atoms. The molecule has 8 heteroatoms. The van der Waals surface area contributed by atoms with Crippen LogP contribution in [-0.4, -0.2) is 34.9 Å². The Bertz CT molecular complexity index is 948. The van der Waals surface area contributed by atoms with Crippen molar-refractivity contribution in [3.05, 3.63) is 56.8 Å². The first kappa shape index (κ1) is 19.3. The van der Waals surface area contributed by atoms with Gasteiger partial charge in [0.05, 0.1) is 27.4 Å². The molecule has 1 aromatic carbocycles. The standard InChI is InChI=1S/C20H22Cl2N4O2/c1-11-8-17-24-12(2)18(20(27)23-10-14-4-3-7-28-14)19(26(17)25-11)13-5-6-15(21)16(22)9-13/h5-6,8-9,14,19,24H,3-4,7,10H2,1-2H3,(H,23,27). The first-order valence-corrected chi connectivity index (χ1v) is 10.1. The maximum Gasteiger partial charge on any atom is 0.251 e. The molecule has 2 aliphatic rings. The molecule has 28 heavy (non-hydrogen) atoms. The average Bonchev–Trinajstić information content (AvgIpc) is 3.29. The molecule has 1 saturated heterocycles. The van der Waals surface area contributed by atoms with Gasteiger partial charge in [0, 0.05) is 24.9 Å². The molecule has 1 fully saturated rings. The van der Waals surface area contributed by atoms with E-state index in [0.29, 0.717) is 22.2 Å². The molecule has 0 radical (unpaired) electrons. The van der Waals surface area contributed by atoms with Crippen molar-refractivity contribution in [3.63, 3.8) is 0 Å². The Hall–Kier alpha value is -2.02. The van der Waals surface area contributed by atoms with Crippen LogP contribution < -0.4 is 10.6 Å². The number of anilines is 1. The third-order valence-corrected chi connectivity index (χ3v) is 5.85. The summed E-state index contributed by atoms with van der Waals surface area (Å²) in [5.74, 6) is 0.692. The number of halogens is 2. The van der Waals surface area contributed by atoms with Crippen LogP contribution in [0.4, 0.5) is 5.82 Å². The molecule has 148 valence electrons. The normalized spacial score (nSPS) is 21.4. The van der Waals surface area contributed by atoms with Gasteiger partial charge in [-0.1, -0.05) is 29.3 Å². The summed E-state index contributed by atoms with van der Waals surface area (Å²) in [4.78, 5) is 13.2. The van der Waals surface area contributed by atoms with E-state index in [1.165, 1.54) is 0 Å². The average molecular weight is 421 g/mol. The third-order valence-electron chi connectivity index (χ3n) is 5.11. The Balaban J connectivity index is 1.70. The third kappa shape index (κ3) is 3.64. The van der Waals surface area contributed by atoms with Crippen LogP contribution in [0.3, 0.4) is 0 Å². The minimum Gasteiger partial charge on any atom is -0.376 e. The van der Waals surface area contributed by atoms with Crippen molar-refractivity contribution in [2.75, 3.05) is 18.5 Å². The number of carbonyl (C=O) groups excluding carboxylic acids is 1. The Morgan fingerprint density at radius 1 is 1.32 bits per heavy atom. The number of benzene rings is 1. The van der Waals surface area contributed by atoms with Crippen LogP contribution >= 0.6 is 23.2 Å². The molecule has 2 aliphatic heterocycles. The summed E-state index contributed by atoms with van der Waals surface area (Å²) in [6.45, 7) is 5.07. The van der Waals surface area contributed by atoms with Gasteiger partial charge in [0.15, 0.2) is 0 Å². The van der Waals surface area contributed by atoms with Crippen LogP contribution in [0.25, 0.3) is 0 Å². The van der Waals surface area contributed by atoms with Gasteiger partial charge in [0.2, 0.25) is 0 Å². The summed E-state index contributed by atoms with van der Waals surface area (Å²) in [6, 6.07) is 6.97. The lowest BCUT2D eigenvalue weighted by atomic mass is 9.94. The van der Waals surface area contributed by atoms with E-state index in [1.54, 1.807) is 12.1 Å². The van der Waals surface area contributed by atoms with E-state index in [2.05, 4.69) is 15.7 Å². The Morgan fingerprint density at radius 2 is 2.14 bits per heavy atom. The van der Waals surface area contributed by atoms with E-state index in [9.17, 15) is 4.79 Å². The molecule has 3 heterocycles. The molecule has 4 rings (SSSR count). The van der Waals surface area contributed by atoms with Gasteiger partial charge in [-0.05, 0) is 44.4 Å². The highest BCUT2D eigenvalue weighted by atomic mass is 35.5. The number of rotatable bonds is 4. The van der Waals surface area contributed by atoms with E-state index in [-0.39, 0.29) is 12.0 Å². The monoisotopic (exact) mass is 420 g/mol. The molecule has 6 nitrogen and oxygen atoms in total. The number of hydrogen-bond acceptors (Lipinski definition) is 4. The first-order valence-electron chi connectivity index (χ1n) is 9.32. The molecule has 2 N–H and O–H groups in total. The predicted octanol–water partition coefficient (Wildman–Crippen LogP) is 4.08. The maximum absolute atomic E-state index is 13.2. The second-order valence-electron chi connectivity index (χ2n) is 7.20. The Labute approximate surface area is 173 Å². The number of nitrogens with zero attached hydrogens (tertiary/aromatic N) is 2. The zero-order valence-electron chi connectivity index (χ0n) is 15.8. The van der Waals surface area contributed by atoms with Crippen molar-refractivity contribution in [1.82, 2.24) is 15.1 Å². The zero-order valence-corrected chi connectivity index (χ0v) is 17.3. The van der Waals surface area contributed by atoms with E-state index < -0.39 is 6.04 Å². The van der Waals surface area contributed by atoms with Crippen LogP contribution in [0.5, 0.6) is 0 Å². The molecular weight excluding hydrogens is 399 g/mol. The molecule has 1 aromatic heterocycles. The van der Waals surface area contributed by atoms with E-state index in [0.717, 1.165) is 42.2 Å². The van der Waals surface area contributed by atoms with Crippen LogP contribution in [0.2, 0.25) is 10.0 Å². The number of fused-ring (bicyclic) bond motifs is 1. The summed E-state index contributed by atoms with van der Waals surface area (Å²) in [5.41, 5.74) is 3.10. The number of ether oxygens (including phenoxy) is 1. The topological polar surface area (TPSA) is 68.2 Å². The van der Waals surface area contributed by atoms with Gasteiger partial charge in [-0.2, -0.15) is 5.10 Å². The number of hydrogen-bond donors (Lipinski definition) is 2. The van der Waals surface area contributed by atoms with E-state index in [1.807, 2.05) is 30.7 Å². The predicted molar refractivity (Wildman–Crippen MR) is 110 cm³/mol. The van der Waals surface area contributed by atoms with E-state index >= 15 is 0 Å². The lowest BCUT2D eigenvalue weighted by Crippen LogP contribution is -2.38. The van der Waals surface area contributed by atoms with Crippen molar-refractivity contribution >= 4 is 34.9 Å². The van der Waals surface area contributed by atoms with Gasteiger partial charge in [0.1, 0.15) is 11.9 Å². The maximum atomic E-state index is 13.2. The van der Waals surface area contributed by atoms with Gasteiger partial charge >= 0.3 is 0 Å². The summed E-state index contributed by atoms with van der Waals surface area (Å²) < 4.78 is 7.44. The highest BCUT2D eigenvalue weighted by Gasteiger charge is 2.33. The van der Waals surface area contributed by atoms with Gasteiger partial charge in [-0.25, -0.2) is 4.68 Å². The molecule has 0 bridgehead atoms. The number of aromatic nitrogens is 2. The number of amides is 1. The molecule has 2 aromatic rings. The fraction of sp³-hybridized carbons (Fsp3) is 0.400. The lowest BCUT2D eigenvalue weighted by molar-refractivity contribution is -0.118. The number of carbonyl (C=O) groups is 1. The smallest absolute Gasteiger partial charge is 0.251 e. The number of aryl methyl sites for hydroxylation is 1. The number of allylic oxidation sites excluding steroid dienone is 1. The van der Waals surface area contributed by atoms with Crippen molar-refractivity contribution in [2.45, 2.75) is 38.8 Å². The molecule has 0 saturated carbocycles. The van der Waals surface area contributed by atoms with Crippen LogP contribution in [0.1, 0.15) is 37.1 Å². The van der Waals surface area contributed by atoms with Gasteiger partial charge in [-0.3, -0.25) is 4.79 Å². The van der Waals surface area contributed by atoms with E-state index in [4.69, 9.17) is 27.9 Å². The second-order valence-corrected chi connectivity index (χ2v) is 8.01. The minimum absolute atomic E-state index is 0.0762. The number of nitrogens with one attached hydrogen (secondary N) is 2. The molecule has 1 amide bonds. The van der Waals surface area contributed by atoms with Crippen molar-refractivity contribution in [1.29, 1.82) is 0 Å². The van der Waals surface area contributed by atoms with Gasteiger partial charge in [-0.15, -0.1) is 0 Å². The largest absolute Gasteiger partial charge is 0.376 e. The molecule has 2 unspecified atom stereocenters. The lowest BCUT2D eigenvalue weighted by Gasteiger charge is -2.30. The van der Waals surface area contributed by atoms with Crippen molar-refractivity contribution in [2.24, 2.45) is 0 Å². The van der Waals surface area contributed by atoms with Gasteiger partial charge < -0.3 is 15.4 Å². The second kappa shape index (κ2) is 7.78. The van der Waals surface area contributed by atoms with Gasteiger partial charge in [0.25, 0.3) is 5.91 Å². The fourth-order valence-corrected chi connectivity index (χ4v) is 4.09. The highest BCUT2D eigenvalue weighted by Crippen LogP contribution is 2.38. The first-order chi connectivity index (χ1) is 13.4. The van der Waals surface area contributed by atoms with Crippen LogP contribution in [0.15, 0.2) is 35.5 Å². The molecule has 2 atom stereocenters. The fourth-order valence-electron chi connectivity index (χ4n) is 3.79. The molecular formula is C20H22Cl2N4O2. The molecule has 0 aliphatic carbocycles. The minimum atomic E-state index is -0.399. The Kier molecular flexibility index (Phi) is 5.36. The van der Waals surface area contributed by atoms with Crippen LogP contribution in [0, 0.1) is 6.92 Å². The van der Waals surface area contributed by atoms with Crippen LogP contribution in [-0.2, 0) is 9.53 Å². The summed E-state index contributed by atoms with van der Waals surface area (Å²) >= 11 is 12.4.